The zero-order valence-electron chi connectivity index (χ0n) is 13.6. The van der Waals surface area contributed by atoms with Crippen LogP contribution < -0.4 is 10.6 Å². The van der Waals surface area contributed by atoms with Crippen LogP contribution in [0.1, 0.15) is 24.8 Å². The van der Waals surface area contributed by atoms with Crippen molar-refractivity contribution in [2.75, 3.05) is 32.5 Å². The van der Waals surface area contributed by atoms with E-state index in [9.17, 15) is 9.59 Å². The second-order valence-electron chi connectivity index (χ2n) is 6.26. The Balaban J connectivity index is 1.89. The van der Waals surface area contributed by atoms with E-state index in [0.717, 1.165) is 24.2 Å². The van der Waals surface area contributed by atoms with Crippen molar-refractivity contribution in [3.8, 4) is 0 Å². The highest BCUT2D eigenvalue weighted by molar-refractivity contribution is 6.13. The third-order valence-corrected chi connectivity index (χ3v) is 4.08. The molecule has 0 atom stereocenters. The Morgan fingerprint density at radius 2 is 1.86 bits per heavy atom. The average Bonchev–Trinajstić information content (AvgIpc) is 3.27. The Morgan fingerprint density at radius 1 is 1.18 bits per heavy atom. The van der Waals surface area contributed by atoms with Gasteiger partial charge in [0.25, 0.3) is 0 Å². The van der Waals surface area contributed by atoms with E-state index in [2.05, 4.69) is 15.5 Å². The zero-order valence-corrected chi connectivity index (χ0v) is 13.6. The van der Waals surface area contributed by atoms with E-state index in [1.54, 1.807) is 0 Å². The smallest absolute Gasteiger partial charge is 0.240 e. The molecule has 1 aliphatic rings. The van der Waals surface area contributed by atoms with Crippen LogP contribution in [0.15, 0.2) is 24.3 Å². The van der Waals surface area contributed by atoms with Crippen LogP contribution in [-0.4, -0.2) is 43.9 Å². The van der Waals surface area contributed by atoms with Crippen LogP contribution in [0.3, 0.4) is 0 Å². The summed E-state index contributed by atoms with van der Waals surface area (Å²) in [6.07, 6.45) is 2.14. The number of hydrogen-bond acceptors (Lipinski definition) is 3. The lowest BCUT2D eigenvalue weighted by Crippen LogP contribution is -2.40. The molecule has 0 aromatic heterocycles. The Bertz CT molecular complexity index is 551. The van der Waals surface area contributed by atoms with Gasteiger partial charge in [-0.15, -0.1) is 0 Å². The quantitative estimate of drug-likeness (QED) is 0.596. The molecule has 120 valence electrons. The summed E-state index contributed by atoms with van der Waals surface area (Å²) in [6, 6.07) is 7.60. The molecule has 2 rings (SSSR count). The molecule has 22 heavy (non-hydrogen) atoms. The minimum Gasteiger partial charge on any atom is -0.355 e. The first-order valence-corrected chi connectivity index (χ1v) is 7.76. The van der Waals surface area contributed by atoms with Crippen LogP contribution in [0.2, 0.25) is 0 Å². The van der Waals surface area contributed by atoms with Gasteiger partial charge in [0, 0.05) is 12.2 Å². The third-order valence-electron chi connectivity index (χ3n) is 4.08. The molecule has 1 aliphatic carbocycles. The first kappa shape index (κ1) is 16.5. The van der Waals surface area contributed by atoms with Crippen LogP contribution in [-0.2, 0) is 9.59 Å². The first-order valence-electron chi connectivity index (χ1n) is 7.76. The fourth-order valence-electron chi connectivity index (χ4n) is 2.40. The molecule has 1 aromatic carbocycles. The Kier molecular flexibility index (Phi) is 5.19. The fourth-order valence-corrected chi connectivity index (χ4v) is 2.40. The number of nitrogens with one attached hydrogen (secondary N) is 2. The molecule has 0 spiro atoms. The van der Waals surface area contributed by atoms with Gasteiger partial charge in [-0.2, -0.15) is 0 Å². The van der Waals surface area contributed by atoms with Crippen LogP contribution in [0, 0.1) is 12.3 Å². The lowest BCUT2D eigenvalue weighted by molar-refractivity contribution is -0.134. The summed E-state index contributed by atoms with van der Waals surface area (Å²) in [6.45, 7) is 3.47. The summed E-state index contributed by atoms with van der Waals surface area (Å²) in [5.74, 6) is -0.329. The second-order valence-corrected chi connectivity index (χ2v) is 6.26. The summed E-state index contributed by atoms with van der Waals surface area (Å²) >= 11 is 0. The molecule has 0 bridgehead atoms. The molecule has 0 heterocycles. The van der Waals surface area contributed by atoms with Crippen molar-refractivity contribution in [3.05, 3.63) is 29.8 Å². The van der Waals surface area contributed by atoms with E-state index < -0.39 is 5.41 Å². The zero-order chi connectivity index (χ0) is 16.2. The van der Waals surface area contributed by atoms with Gasteiger partial charge in [0.05, 0.1) is 0 Å². The number of amides is 2. The SMILES string of the molecule is Cc1ccccc1NC(=O)C1(C(=O)NCCCN(C)C)CC1. The molecule has 0 aliphatic heterocycles. The summed E-state index contributed by atoms with van der Waals surface area (Å²) in [5, 5.41) is 5.79. The van der Waals surface area contributed by atoms with E-state index in [1.807, 2.05) is 45.3 Å². The first-order chi connectivity index (χ1) is 10.5. The van der Waals surface area contributed by atoms with Gasteiger partial charge < -0.3 is 15.5 Å². The molecule has 1 aromatic rings. The van der Waals surface area contributed by atoms with Crippen LogP contribution in [0.25, 0.3) is 0 Å². The van der Waals surface area contributed by atoms with Crippen molar-refractivity contribution in [2.24, 2.45) is 5.41 Å². The number of carbonyl (C=O) groups is 2. The summed E-state index contributed by atoms with van der Waals surface area (Å²) < 4.78 is 0. The lowest BCUT2D eigenvalue weighted by Gasteiger charge is -2.17. The maximum atomic E-state index is 12.5. The van der Waals surface area contributed by atoms with Crippen LogP contribution in [0.4, 0.5) is 5.69 Å². The Hall–Kier alpha value is -1.88. The summed E-state index contributed by atoms with van der Waals surface area (Å²) in [7, 11) is 4.00. The lowest BCUT2D eigenvalue weighted by atomic mass is 10.0. The van der Waals surface area contributed by atoms with Crippen LogP contribution in [0.5, 0.6) is 0 Å². The van der Waals surface area contributed by atoms with E-state index in [4.69, 9.17) is 0 Å². The number of benzene rings is 1. The van der Waals surface area contributed by atoms with Gasteiger partial charge in [0.1, 0.15) is 5.41 Å². The van der Waals surface area contributed by atoms with Gasteiger partial charge in [-0.1, -0.05) is 18.2 Å². The van der Waals surface area contributed by atoms with Crippen molar-refractivity contribution in [2.45, 2.75) is 26.2 Å². The van der Waals surface area contributed by atoms with E-state index >= 15 is 0 Å². The van der Waals surface area contributed by atoms with Gasteiger partial charge >= 0.3 is 0 Å². The molecule has 0 radical (unpaired) electrons. The molecule has 0 unspecified atom stereocenters. The standard InChI is InChI=1S/C17H25N3O2/c1-13-7-4-5-8-14(13)19-16(22)17(9-10-17)15(21)18-11-6-12-20(2)3/h4-5,7-8H,6,9-12H2,1-3H3,(H,18,21)(H,19,22). The molecule has 5 heteroatoms. The average molecular weight is 303 g/mol. The fraction of sp³-hybridized carbons (Fsp3) is 0.529. The maximum Gasteiger partial charge on any atom is 0.240 e. The number of carbonyl (C=O) groups excluding carboxylic acids is 2. The van der Waals surface area contributed by atoms with Crippen molar-refractivity contribution < 1.29 is 9.59 Å². The van der Waals surface area contributed by atoms with Gasteiger partial charge in [-0.3, -0.25) is 9.59 Å². The van der Waals surface area contributed by atoms with Crippen molar-refractivity contribution in [1.29, 1.82) is 0 Å². The number of aryl methyl sites for hydroxylation is 1. The van der Waals surface area contributed by atoms with E-state index in [1.165, 1.54) is 0 Å². The highest BCUT2D eigenvalue weighted by Gasteiger charge is 2.56. The molecule has 2 N–H and O–H groups in total. The summed E-state index contributed by atoms with van der Waals surface area (Å²) in [4.78, 5) is 26.8. The molecule has 1 fully saturated rings. The highest BCUT2D eigenvalue weighted by atomic mass is 16.2. The van der Waals surface area contributed by atoms with E-state index in [-0.39, 0.29) is 11.8 Å². The molecule has 2 amide bonds. The minimum absolute atomic E-state index is 0.141. The van der Waals surface area contributed by atoms with Gasteiger partial charge in [0.2, 0.25) is 11.8 Å². The Morgan fingerprint density at radius 3 is 2.45 bits per heavy atom. The van der Waals surface area contributed by atoms with Crippen molar-refractivity contribution >= 4 is 17.5 Å². The number of hydrogen-bond donors (Lipinski definition) is 2. The van der Waals surface area contributed by atoms with Gasteiger partial charge in [0.15, 0.2) is 0 Å². The summed E-state index contributed by atoms with van der Waals surface area (Å²) in [5.41, 5.74) is 0.914. The predicted molar refractivity (Wildman–Crippen MR) is 87.7 cm³/mol. The number of anilines is 1. The second kappa shape index (κ2) is 6.92. The molecule has 0 saturated heterocycles. The maximum absolute atomic E-state index is 12.5. The molecular weight excluding hydrogens is 278 g/mol. The third kappa shape index (κ3) is 3.85. The number of nitrogens with zero attached hydrogens (tertiary/aromatic N) is 1. The van der Waals surface area contributed by atoms with Crippen molar-refractivity contribution in [1.82, 2.24) is 10.2 Å². The number of para-hydroxylation sites is 1. The predicted octanol–water partition coefficient (Wildman–Crippen LogP) is 1.78. The minimum atomic E-state index is -0.861. The molecule has 5 nitrogen and oxygen atoms in total. The Labute approximate surface area is 132 Å². The van der Waals surface area contributed by atoms with Gasteiger partial charge in [-0.05, 0) is 58.5 Å². The van der Waals surface area contributed by atoms with Crippen LogP contribution >= 0.6 is 0 Å². The molecule has 1 saturated carbocycles. The monoisotopic (exact) mass is 303 g/mol. The largest absolute Gasteiger partial charge is 0.355 e. The number of rotatable bonds is 7. The topological polar surface area (TPSA) is 61.4 Å². The normalized spacial score (nSPS) is 15.5. The molecular formula is C17H25N3O2. The van der Waals surface area contributed by atoms with Crippen molar-refractivity contribution in [3.63, 3.8) is 0 Å². The van der Waals surface area contributed by atoms with Gasteiger partial charge in [-0.25, -0.2) is 0 Å². The van der Waals surface area contributed by atoms with E-state index in [0.29, 0.717) is 19.4 Å². The highest BCUT2D eigenvalue weighted by Crippen LogP contribution is 2.46.